The molecule has 3 N–H and O–H groups in total. The van der Waals surface area contributed by atoms with Crippen LogP contribution >= 0.6 is 12.4 Å². The molecule has 132 valence electrons. The highest BCUT2D eigenvalue weighted by Gasteiger charge is 2.70. The molecule has 1 aromatic carbocycles. The molecule has 4 atom stereocenters. The molecule has 4 rings (SSSR count). The molecule has 24 heavy (non-hydrogen) atoms. The van der Waals surface area contributed by atoms with E-state index in [1.165, 1.54) is 0 Å². The van der Waals surface area contributed by atoms with Crippen LogP contribution in [0.2, 0.25) is 0 Å². The van der Waals surface area contributed by atoms with Crippen LogP contribution in [0.4, 0.5) is 0 Å². The summed E-state index contributed by atoms with van der Waals surface area (Å²) in [5.41, 5.74) is 6.43. The predicted molar refractivity (Wildman–Crippen MR) is 93.2 cm³/mol. The number of fused-ring (bicyclic) bond motifs is 2. The van der Waals surface area contributed by atoms with Crippen molar-refractivity contribution < 1.29 is 14.3 Å². The number of halogens is 1. The number of para-hydroxylation sites is 1. The van der Waals surface area contributed by atoms with Gasteiger partial charge in [0.25, 0.3) is 0 Å². The number of hydrogen-bond donors (Lipinski definition) is 2. The molecule has 0 radical (unpaired) electrons. The predicted octanol–water partition coefficient (Wildman–Crippen LogP) is 2.19. The number of rotatable bonds is 2. The first-order valence-corrected chi connectivity index (χ1v) is 8.39. The first-order valence-electron chi connectivity index (χ1n) is 8.39. The summed E-state index contributed by atoms with van der Waals surface area (Å²) in [6.45, 7) is 5.31. The Morgan fingerprint density at radius 2 is 2.08 bits per heavy atom. The lowest BCUT2D eigenvalue weighted by molar-refractivity contribution is -0.225. The lowest BCUT2D eigenvalue weighted by atomic mass is 9.46. The molecule has 1 aliphatic carbocycles. The highest BCUT2D eigenvalue weighted by Crippen LogP contribution is 2.57. The molecule has 5 nitrogen and oxygen atoms in total. The smallest absolute Gasteiger partial charge is 0.241 e. The van der Waals surface area contributed by atoms with Gasteiger partial charge in [-0.3, -0.25) is 4.79 Å². The Bertz CT molecular complexity index is 651. The molecule has 6 heteroatoms. The van der Waals surface area contributed by atoms with Crippen LogP contribution in [-0.4, -0.2) is 30.8 Å². The highest BCUT2D eigenvalue weighted by atomic mass is 35.5. The standard InChI is InChI=1S/C18H24N2O3.ClH/c1-17(2)15-12(7-5-9-22-15)18(17,19)16(21)20-13-10-23-14-8-4-3-6-11(13)14;/h3-4,6,8,12-13,15H,5,7,9-10,19H2,1-2H3,(H,20,21);1H. The zero-order valence-corrected chi connectivity index (χ0v) is 14.9. The minimum absolute atomic E-state index is 0. The van der Waals surface area contributed by atoms with E-state index in [-0.39, 0.29) is 41.8 Å². The molecule has 2 fully saturated rings. The Labute approximate surface area is 148 Å². The van der Waals surface area contributed by atoms with Gasteiger partial charge in [0.2, 0.25) is 5.91 Å². The number of ether oxygens (including phenoxy) is 2. The van der Waals surface area contributed by atoms with Gasteiger partial charge in [0.1, 0.15) is 17.9 Å². The van der Waals surface area contributed by atoms with Crippen LogP contribution in [0.1, 0.15) is 38.3 Å². The number of carbonyl (C=O) groups excluding carboxylic acids is 1. The van der Waals surface area contributed by atoms with Gasteiger partial charge in [0.15, 0.2) is 0 Å². The van der Waals surface area contributed by atoms with E-state index in [1.54, 1.807) is 0 Å². The highest BCUT2D eigenvalue weighted by molar-refractivity contribution is 5.90. The molecular formula is C18H25ClN2O3. The monoisotopic (exact) mass is 352 g/mol. The van der Waals surface area contributed by atoms with E-state index in [1.807, 2.05) is 38.1 Å². The Morgan fingerprint density at radius 1 is 1.33 bits per heavy atom. The number of carbonyl (C=O) groups is 1. The summed E-state index contributed by atoms with van der Waals surface area (Å²) in [5, 5.41) is 3.12. The first-order chi connectivity index (χ1) is 11.0. The molecule has 1 amide bonds. The van der Waals surface area contributed by atoms with Gasteiger partial charge in [-0.05, 0) is 18.9 Å². The zero-order valence-electron chi connectivity index (χ0n) is 14.1. The van der Waals surface area contributed by atoms with Gasteiger partial charge >= 0.3 is 0 Å². The van der Waals surface area contributed by atoms with Crippen molar-refractivity contribution in [2.45, 2.75) is 44.4 Å². The number of amides is 1. The van der Waals surface area contributed by atoms with E-state index in [9.17, 15) is 4.79 Å². The molecule has 4 unspecified atom stereocenters. The van der Waals surface area contributed by atoms with E-state index in [4.69, 9.17) is 15.2 Å². The molecule has 2 heterocycles. The summed E-state index contributed by atoms with van der Waals surface area (Å²) >= 11 is 0. The maximum atomic E-state index is 13.0. The third-order valence-electron chi connectivity index (χ3n) is 6.07. The normalized spacial score (nSPS) is 35.5. The van der Waals surface area contributed by atoms with Gasteiger partial charge in [0, 0.05) is 23.5 Å². The third kappa shape index (κ3) is 2.18. The van der Waals surface area contributed by atoms with E-state index in [0.29, 0.717) is 6.61 Å². The van der Waals surface area contributed by atoms with E-state index < -0.39 is 5.54 Å². The maximum absolute atomic E-state index is 13.0. The van der Waals surface area contributed by atoms with Crippen LogP contribution in [0, 0.1) is 11.3 Å². The summed E-state index contributed by atoms with van der Waals surface area (Å²) in [7, 11) is 0. The Hall–Kier alpha value is -1.30. The third-order valence-corrected chi connectivity index (χ3v) is 6.07. The lowest BCUT2D eigenvalue weighted by Crippen LogP contribution is -2.82. The minimum atomic E-state index is -0.879. The van der Waals surface area contributed by atoms with Crippen molar-refractivity contribution in [3.05, 3.63) is 29.8 Å². The number of nitrogens with one attached hydrogen (secondary N) is 1. The average molecular weight is 353 g/mol. The van der Waals surface area contributed by atoms with Crippen LogP contribution in [0.5, 0.6) is 5.75 Å². The van der Waals surface area contributed by atoms with Crippen molar-refractivity contribution in [1.29, 1.82) is 0 Å². The summed E-state index contributed by atoms with van der Waals surface area (Å²) in [6, 6.07) is 7.70. The van der Waals surface area contributed by atoms with Gasteiger partial charge in [-0.1, -0.05) is 32.0 Å². The van der Waals surface area contributed by atoms with Gasteiger partial charge in [0.05, 0.1) is 12.1 Å². The molecule has 0 bridgehead atoms. The second kappa shape index (κ2) is 5.90. The summed E-state index contributed by atoms with van der Waals surface area (Å²) in [4.78, 5) is 13.0. The SMILES string of the molecule is CC1(C)C2OCCCC2C1(N)C(=O)NC1COc2ccccc21.Cl. The van der Waals surface area contributed by atoms with E-state index in [0.717, 1.165) is 30.8 Å². The lowest BCUT2D eigenvalue weighted by Gasteiger charge is -2.65. The molecular weight excluding hydrogens is 328 g/mol. The fourth-order valence-corrected chi connectivity index (χ4v) is 4.60. The quantitative estimate of drug-likeness (QED) is 0.855. The van der Waals surface area contributed by atoms with Crippen molar-refractivity contribution in [1.82, 2.24) is 5.32 Å². The van der Waals surface area contributed by atoms with Crippen LogP contribution in [0.25, 0.3) is 0 Å². The summed E-state index contributed by atoms with van der Waals surface area (Å²) in [6.07, 6.45) is 2.01. The maximum Gasteiger partial charge on any atom is 0.241 e. The van der Waals surface area contributed by atoms with Crippen molar-refractivity contribution in [3.8, 4) is 5.75 Å². The number of nitrogens with two attached hydrogens (primary N) is 1. The molecule has 0 spiro atoms. The molecule has 0 aromatic heterocycles. The fraction of sp³-hybridized carbons (Fsp3) is 0.611. The van der Waals surface area contributed by atoms with Crippen LogP contribution < -0.4 is 15.8 Å². The first kappa shape index (κ1) is 17.5. The van der Waals surface area contributed by atoms with Crippen molar-refractivity contribution >= 4 is 18.3 Å². The topological polar surface area (TPSA) is 73.6 Å². The second-order valence-corrected chi connectivity index (χ2v) is 7.51. The summed E-state index contributed by atoms with van der Waals surface area (Å²) in [5.74, 6) is 0.860. The average Bonchev–Trinajstić information content (AvgIpc) is 2.97. The molecule has 1 saturated carbocycles. The molecule has 1 saturated heterocycles. The van der Waals surface area contributed by atoms with Gasteiger partial charge in [-0.15, -0.1) is 12.4 Å². The molecule has 1 aromatic rings. The van der Waals surface area contributed by atoms with E-state index in [2.05, 4.69) is 5.32 Å². The van der Waals surface area contributed by atoms with Gasteiger partial charge in [-0.25, -0.2) is 0 Å². The molecule has 2 aliphatic heterocycles. The summed E-state index contributed by atoms with van der Waals surface area (Å²) < 4.78 is 11.5. The minimum Gasteiger partial charge on any atom is -0.491 e. The van der Waals surface area contributed by atoms with Gasteiger partial charge in [-0.2, -0.15) is 0 Å². The van der Waals surface area contributed by atoms with Crippen LogP contribution in [-0.2, 0) is 9.53 Å². The van der Waals surface area contributed by atoms with Crippen molar-refractivity contribution in [2.24, 2.45) is 17.1 Å². The number of benzene rings is 1. The fourth-order valence-electron chi connectivity index (χ4n) is 4.60. The van der Waals surface area contributed by atoms with Crippen LogP contribution in [0.3, 0.4) is 0 Å². The Morgan fingerprint density at radius 3 is 2.88 bits per heavy atom. The zero-order chi connectivity index (χ0) is 16.2. The van der Waals surface area contributed by atoms with E-state index >= 15 is 0 Å². The van der Waals surface area contributed by atoms with Crippen molar-refractivity contribution in [3.63, 3.8) is 0 Å². The Kier molecular flexibility index (Phi) is 4.31. The second-order valence-electron chi connectivity index (χ2n) is 7.51. The Balaban J connectivity index is 0.00000169. The number of hydrogen-bond acceptors (Lipinski definition) is 4. The van der Waals surface area contributed by atoms with Crippen molar-refractivity contribution in [2.75, 3.05) is 13.2 Å². The molecule has 3 aliphatic rings. The largest absolute Gasteiger partial charge is 0.491 e. The van der Waals surface area contributed by atoms with Crippen LogP contribution in [0.15, 0.2) is 24.3 Å². The van der Waals surface area contributed by atoms with Gasteiger partial charge < -0.3 is 20.5 Å².